The second-order valence-electron chi connectivity index (χ2n) is 8.24. The van der Waals surface area contributed by atoms with Gasteiger partial charge in [0.15, 0.2) is 0 Å². The van der Waals surface area contributed by atoms with Gasteiger partial charge in [0, 0.05) is 5.56 Å². The topological polar surface area (TPSA) is 45.6 Å². The van der Waals surface area contributed by atoms with Gasteiger partial charge in [-0.1, -0.05) is 72.0 Å². The van der Waals surface area contributed by atoms with Gasteiger partial charge in [-0.05, 0) is 72.0 Å². The quantitative estimate of drug-likeness (QED) is 0.194. The van der Waals surface area contributed by atoms with Crippen LogP contribution in [0.15, 0.2) is 102 Å². The van der Waals surface area contributed by atoms with Crippen molar-refractivity contribution in [2.75, 3.05) is 5.01 Å². The van der Waals surface area contributed by atoms with Crippen LogP contribution in [0.3, 0.4) is 0 Å². The molecule has 0 aliphatic rings. The maximum atomic E-state index is 13.6. The van der Waals surface area contributed by atoms with E-state index >= 15 is 0 Å². The molecule has 0 aliphatic heterocycles. The first-order chi connectivity index (χ1) is 17.0. The fourth-order valence-corrected chi connectivity index (χ4v) is 4.71. The number of anilines is 1. The van der Waals surface area contributed by atoms with E-state index in [9.17, 15) is 9.18 Å². The number of benzene rings is 4. The molecule has 0 N–H and O–H groups in total. The number of thiazole rings is 1. The summed E-state index contributed by atoms with van der Waals surface area (Å²) >= 11 is 1.41. The fraction of sp³-hybridized carbons (Fsp3) is 0.0690. The van der Waals surface area contributed by atoms with Gasteiger partial charge in [-0.25, -0.2) is 9.37 Å². The molecule has 1 heterocycles. The average molecular weight is 480 g/mol. The molecule has 0 saturated carbocycles. The summed E-state index contributed by atoms with van der Waals surface area (Å²) < 4.78 is 14.3. The maximum Gasteiger partial charge on any atom is 0.280 e. The van der Waals surface area contributed by atoms with Crippen LogP contribution in [0, 0.1) is 12.7 Å². The minimum atomic E-state index is -0.327. The van der Waals surface area contributed by atoms with Crippen LogP contribution in [-0.2, 0) is 6.42 Å². The second-order valence-corrected chi connectivity index (χ2v) is 9.25. The van der Waals surface area contributed by atoms with Crippen molar-refractivity contribution in [3.05, 3.63) is 131 Å². The molecular weight excluding hydrogens is 457 g/mol. The molecule has 6 heteroatoms. The summed E-state index contributed by atoms with van der Waals surface area (Å²) in [5.41, 5.74) is 5.44. The highest BCUT2D eigenvalue weighted by atomic mass is 32.1. The second kappa shape index (κ2) is 9.99. The standard InChI is InChI=1S/C29H22FN3OS/c1-20-7-16-26-27(17-20)35-29(32-26)33(31-19-23-10-14-25(30)15-11-23)28(34)24-12-8-22(9-13-24)18-21-5-3-2-4-6-21/h2-17,19H,18H2,1H3/b31-19+. The first-order valence-corrected chi connectivity index (χ1v) is 12.0. The lowest BCUT2D eigenvalue weighted by Gasteiger charge is -2.14. The number of rotatable bonds is 6. The van der Waals surface area contributed by atoms with Crippen molar-refractivity contribution >= 4 is 38.8 Å². The van der Waals surface area contributed by atoms with Gasteiger partial charge in [-0.3, -0.25) is 4.79 Å². The summed E-state index contributed by atoms with van der Waals surface area (Å²) in [6.07, 6.45) is 2.33. The van der Waals surface area contributed by atoms with Crippen molar-refractivity contribution in [1.29, 1.82) is 0 Å². The molecule has 4 aromatic carbocycles. The molecule has 0 radical (unpaired) electrons. The Bertz CT molecular complexity index is 1490. The first-order valence-electron chi connectivity index (χ1n) is 11.2. The van der Waals surface area contributed by atoms with E-state index in [-0.39, 0.29) is 11.7 Å². The predicted molar refractivity (Wildman–Crippen MR) is 141 cm³/mol. The Kier molecular flexibility index (Phi) is 6.46. The van der Waals surface area contributed by atoms with Crippen molar-refractivity contribution in [3.63, 3.8) is 0 Å². The summed E-state index contributed by atoms with van der Waals surface area (Å²) in [6, 6.07) is 29.7. The lowest BCUT2D eigenvalue weighted by atomic mass is 10.0. The van der Waals surface area contributed by atoms with Gasteiger partial charge in [0.1, 0.15) is 5.82 Å². The van der Waals surface area contributed by atoms with Crippen LogP contribution in [0.1, 0.15) is 32.6 Å². The van der Waals surface area contributed by atoms with Crippen LogP contribution < -0.4 is 5.01 Å². The summed E-state index contributed by atoms with van der Waals surface area (Å²) in [5.74, 6) is -0.613. The third-order valence-electron chi connectivity index (χ3n) is 5.55. The summed E-state index contributed by atoms with van der Waals surface area (Å²) in [4.78, 5) is 18.2. The molecule has 0 aliphatic carbocycles. The van der Waals surface area contributed by atoms with Crippen molar-refractivity contribution in [3.8, 4) is 0 Å². The molecule has 4 nitrogen and oxygen atoms in total. The highest BCUT2D eigenvalue weighted by Gasteiger charge is 2.21. The van der Waals surface area contributed by atoms with Crippen LogP contribution in [0.4, 0.5) is 9.52 Å². The fourth-order valence-electron chi connectivity index (χ4n) is 3.69. The largest absolute Gasteiger partial charge is 0.280 e. The molecule has 0 fully saturated rings. The normalized spacial score (nSPS) is 11.3. The van der Waals surface area contributed by atoms with E-state index in [2.05, 4.69) is 22.2 Å². The molecule has 1 amide bonds. The van der Waals surface area contributed by atoms with Gasteiger partial charge < -0.3 is 0 Å². The van der Waals surface area contributed by atoms with Crippen molar-refractivity contribution in [2.45, 2.75) is 13.3 Å². The minimum absolute atomic E-state index is 0.287. The number of hydrogen-bond donors (Lipinski definition) is 0. The first kappa shape index (κ1) is 22.6. The smallest absolute Gasteiger partial charge is 0.267 e. The Morgan fingerprint density at radius 3 is 2.40 bits per heavy atom. The zero-order valence-electron chi connectivity index (χ0n) is 19.1. The number of amides is 1. The summed E-state index contributed by atoms with van der Waals surface area (Å²) in [7, 11) is 0. The molecule has 0 spiro atoms. The van der Waals surface area contributed by atoms with Crippen molar-refractivity contribution < 1.29 is 9.18 Å². The Morgan fingerprint density at radius 1 is 0.943 bits per heavy atom. The molecule has 0 bridgehead atoms. The van der Waals surface area contributed by atoms with E-state index in [1.54, 1.807) is 18.3 Å². The van der Waals surface area contributed by atoms with Gasteiger partial charge in [0.05, 0.1) is 16.4 Å². The van der Waals surface area contributed by atoms with Gasteiger partial charge in [0.25, 0.3) is 5.91 Å². The molecule has 1 aromatic heterocycles. The predicted octanol–water partition coefficient (Wildman–Crippen LogP) is 7.02. The van der Waals surface area contributed by atoms with Crippen LogP contribution in [0.5, 0.6) is 0 Å². The molecule has 0 saturated heterocycles. The third-order valence-corrected chi connectivity index (χ3v) is 6.54. The number of aromatic nitrogens is 1. The SMILES string of the molecule is Cc1ccc2nc(N(/N=C/c3ccc(F)cc3)C(=O)c3ccc(Cc4ccccc4)cc3)sc2c1. The van der Waals surface area contributed by atoms with Gasteiger partial charge in [0.2, 0.25) is 5.13 Å². The average Bonchev–Trinajstić information content (AvgIpc) is 3.29. The Morgan fingerprint density at radius 2 is 1.66 bits per heavy atom. The highest BCUT2D eigenvalue weighted by molar-refractivity contribution is 7.22. The molecule has 5 aromatic rings. The monoisotopic (exact) mass is 479 g/mol. The molecule has 0 unspecified atom stereocenters. The number of hydrogen-bond acceptors (Lipinski definition) is 4. The van der Waals surface area contributed by atoms with Crippen LogP contribution in [-0.4, -0.2) is 17.1 Å². The van der Waals surface area contributed by atoms with E-state index in [1.807, 2.05) is 67.6 Å². The summed E-state index contributed by atoms with van der Waals surface area (Å²) in [5, 5.41) is 6.25. The number of aryl methyl sites for hydroxylation is 1. The molecule has 172 valence electrons. The number of carbonyl (C=O) groups is 1. The van der Waals surface area contributed by atoms with Crippen LogP contribution in [0.25, 0.3) is 10.2 Å². The lowest BCUT2D eigenvalue weighted by Crippen LogP contribution is -2.25. The van der Waals surface area contributed by atoms with E-state index < -0.39 is 0 Å². The lowest BCUT2D eigenvalue weighted by molar-refractivity contribution is 0.0988. The van der Waals surface area contributed by atoms with Crippen molar-refractivity contribution in [1.82, 2.24) is 4.98 Å². The van der Waals surface area contributed by atoms with E-state index in [4.69, 9.17) is 0 Å². The molecular formula is C29H22FN3OS. The maximum absolute atomic E-state index is 13.6. The summed E-state index contributed by atoms with van der Waals surface area (Å²) in [6.45, 7) is 2.02. The highest BCUT2D eigenvalue weighted by Crippen LogP contribution is 2.31. The number of hydrazone groups is 1. The Labute approximate surface area is 207 Å². The number of fused-ring (bicyclic) bond motifs is 1. The van der Waals surface area contributed by atoms with E-state index in [0.717, 1.165) is 27.8 Å². The molecule has 5 rings (SSSR count). The van der Waals surface area contributed by atoms with Gasteiger partial charge >= 0.3 is 0 Å². The third kappa shape index (κ3) is 5.34. The zero-order valence-corrected chi connectivity index (χ0v) is 19.9. The van der Waals surface area contributed by atoms with Gasteiger partial charge in [-0.2, -0.15) is 10.1 Å². The van der Waals surface area contributed by atoms with Gasteiger partial charge in [-0.15, -0.1) is 0 Å². The van der Waals surface area contributed by atoms with Crippen LogP contribution >= 0.6 is 11.3 Å². The van der Waals surface area contributed by atoms with Crippen molar-refractivity contribution in [2.24, 2.45) is 5.10 Å². The number of nitrogens with zero attached hydrogens (tertiary/aromatic N) is 3. The van der Waals surface area contributed by atoms with E-state index in [0.29, 0.717) is 16.3 Å². The van der Waals surface area contributed by atoms with Crippen LogP contribution in [0.2, 0.25) is 0 Å². The zero-order chi connectivity index (χ0) is 24.2. The van der Waals surface area contributed by atoms with E-state index in [1.165, 1.54) is 34.0 Å². The Hall–Kier alpha value is -4.16. The number of halogens is 1. The Balaban J connectivity index is 1.46. The molecule has 35 heavy (non-hydrogen) atoms. The minimum Gasteiger partial charge on any atom is -0.267 e. The number of carbonyl (C=O) groups excluding carboxylic acids is 1. The molecule has 0 atom stereocenters.